The number of halogens is 1. The zero-order valence-corrected chi connectivity index (χ0v) is 13.1. The first-order valence-electron chi connectivity index (χ1n) is 7.54. The molecule has 1 aliphatic heterocycles. The number of hydrogen-bond donors (Lipinski definition) is 1. The fourth-order valence-electron chi connectivity index (χ4n) is 2.36. The van der Waals surface area contributed by atoms with Crippen LogP contribution in [-0.4, -0.2) is 43.1 Å². The summed E-state index contributed by atoms with van der Waals surface area (Å²) < 4.78 is 19.2. The molecule has 0 fully saturated rings. The van der Waals surface area contributed by atoms with Gasteiger partial charge in [0.1, 0.15) is 17.9 Å². The molecule has 1 aromatic rings. The standard InChI is InChI=1S/C17H20FN3O2/c1-2-23-15-4-3-14(16(18)10-15)9-17(22)21-7-5-13(6-8-21)11-20-12-19/h3-5,10-12,19H,2,6-9H2,1H3/b19-12?,20-11-. The number of carbonyl (C=O) groups excluding carboxylic acids is 1. The Balaban J connectivity index is 1.96. The van der Waals surface area contributed by atoms with Gasteiger partial charge in [-0.2, -0.15) is 0 Å². The zero-order chi connectivity index (χ0) is 16.7. The lowest BCUT2D eigenvalue weighted by atomic mass is 10.1. The van der Waals surface area contributed by atoms with Gasteiger partial charge in [0.25, 0.3) is 0 Å². The molecule has 0 aliphatic carbocycles. The lowest BCUT2D eigenvalue weighted by molar-refractivity contribution is -0.130. The molecule has 122 valence electrons. The third kappa shape index (κ3) is 4.74. The summed E-state index contributed by atoms with van der Waals surface area (Å²) >= 11 is 0. The first-order chi connectivity index (χ1) is 11.1. The van der Waals surface area contributed by atoms with Gasteiger partial charge in [0.15, 0.2) is 0 Å². The minimum atomic E-state index is -0.421. The van der Waals surface area contributed by atoms with Gasteiger partial charge in [-0.1, -0.05) is 12.1 Å². The molecule has 0 unspecified atom stereocenters. The molecular formula is C17H20FN3O2. The Morgan fingerprint density at radius 1 is 1.52 bits per heavy atom. The average molecular weight is 317 g/mol. The van der Waals surface area contributed by atoms with Crippen molar-refractivity contribution in [3.63, 3.8) is 0 Å². The second-order valence-corrected chi connectivity index (χ2v) is 5.14. The second-order valence-electron chi connectivity index (χ2n) is 5.14. The Bertz CT molecular complexity index is 641. The Morgan fingerprint density at radius 2 is 2.35 bits per heavy atom. The molecule has 0 spiro atoms. The summed E-state index contributed by atoms with van der Waals surface area (Å²) in [7, 11) is 0. The predicted octanol–water partition coefficient (Wildman–Crippen LogP) is 2.60. The summed E-state index contributed by atoms with van der Waals surface area (Å²) in [5, 5.41) is 6.86. The van der Waals surface area contributed by atoms with Gasteiger partial charge in [0.05, 0.1) is 13.0 Å². The first-order valence-corrected chi connectivity index (χ1v) is 7.54. The van der Waals surface area contributed by atoms with Crippen LogP contribution in [0, 0.1) is 11.2 Å². The molecule has 0 aromatic heterocycles. The minimum Gasteiger partial charge on any atom is -0.494 e. The van der Waals surface area contributed by atoms with Gasteiger partial charge in [0, 0.05) is 25.4 Å². The number of nitrogens with zero attached hydrogens (tertiary/aromatic N) is 2. The highest BCUT2D eigenvalue weighted by atomic mass is 19.1. The highest BCUT2D eigenvalue weighted by Gasteiger charge is 2.18. The Kier molecular flexibility index (Phi) is 6.02. The molecule has 0 bridgehead atoms. The van der Waals surface area contributed by atoms with E-state index in [4.69, 9.17) is 10.1 Å². The van der Waals surface area contributed by atoms with Gasteiger partial charge >= 0.3 is 0 Å². The number of amides is 1. The number of carbonyl (C=O) groups is 1. The van der Waals surface area contributed by atoms with E-state index in [0.29, 0.717) is 37.4 Å². The van der Waals surface area contributed by atoms with E-state index in [1.54, 1.807) is 23.2 Å². The van der Waals surface area contributed by atoms with Gasteiger partial charge in [-0.05, 0) is 30.5 Å². The summed E-state index contributed by atoms with van der Waals surface area (Å²) in [6.45, 7) is 3.37. The molecule has 23 heavy (non-hydrogen) atoms. The van der Waals surface area contributed by atoms with Crippen molar-refractivity contribution in [3.05, 3.63) is 41.2 Å². The Labute approximate surface area is 135 Å². The van der Waals surface area contributed by atoms with Gasteiger partial charge in [-0.25, -0.2) is 9.38 Å². The lowest BCUT2D eigenvalue weighted by Gasteiger charge is -2.25. The summed E-state index contributed by atoms with van der Waals surface area (Å²) in [5.74, 6) is -0.0553. The molecule has 1 N–H and O–H groups in total. The van der Waals surface area contributed by atoms with E-state index >= 15 is 0 Å². The highest BCUT2D eigenvalue weighted by Crippen LogP contribution is 2.18. The van der Waals surface area contributed by atoms with Crippen molar-refractivity contribution in [2.24, 2.45) is 4.99 Å². The minimum absolute atomic E-state index is 0.0377. The van der Waals surface area contributed by atoms with Crippen LogP contribution in [0.15, 0.2) is 34.8 Å². The fourth-order valence-corrected chi connectivity index (χ4v) is 2.36. The fraction of sp³-hybridized carbons (Fsp3) is 0.353. The van der Waals surface area contributed by atoms with Crippen LogP contribution in [0.3, 0.4) is 0 Å². The average Bonchev–Trinajstić information content (AvgIpc) is 2.56. The normalized spacial score (nSPS) is 14.7. The van der Waals surface area contributed by atoms with Crippen LogP contribution < -0.4 is 4.74 Å². The van der Waals surface area contributed by atoms with Crippen LogP contribution in [0.4, 0.5) is 4.39 Å². The Hall–Kier alpha value is -2.50. The van der Waals surface area contributed by atoms with Crippen LogP contribution in [0.25, 0.3) is 0 Å². The SMILES string of the molecule is CCOc1ccc(CC(=O)N2CC=C(/C=N\C=N)CC2)c(F)c1. The summed E-state index contributed by atoms with van der Waals surface area (Å²) in [6, 6.07) is 4.59. The smallest absolute Gasteiger partial charge is 0.227 e. The van der Waals surface area contributed by atoms with Gasteiger partial charge in [0.2, 0.25) is 5.91 Å². The monoisotopic (exact) mass is 317 g/mol. The number of benzene rings is 1. The number of hydrogen-bond acceptors (Lipinski definition) is 3. The van der Waals surface area contributed by atoms with Crippen molar-refractivity contribution in [1.29, 1.82) is 5.41 Å². The second kappa shape index (κ2) is 8.22. The van der Waals surface area contributed by atoms with E-state index < -0.39 is 5.82 Å². The molecule has 0 saturated carbocycles. The lowest BCUT2D eigenvalue weighted by Crippen LogP contribution is -2.36. The topological polar surface area (TPSA) is 65.8 Å². The van der Waals surface area contributed by atoms with Crippen LogP contribution in [0.1, 0.15) is 18.9 Å². The van der Waals surface area contributed by atoms with E-state index in [0.717, 1.165) is 11.9 Å². The molecule has 0 atom stereocenters. The molecule has 0 radical (unpaired) electrons. The number of ether oxygens (including phenoxy) is 1. The molecule has 1 aliphatic rings. The maximum atomic E-state index is 14.0. The first kappa shape index (κ1) is 16.9. The molecule has 6 heteroatoms. The molecule has 0 saturated heterocycles. The zero-order valence-electron chi connectivity index (χ0n) is 13.1. The van der Waals surface area contributed by atoms with Gasteiger partial charge < -0.3 is 9.64 Å². The predicted molar refractivity (Wildman–Crippen MR) is 87.8 cm³/mol. The van der Waals surface area contributed by atoms with Crippen molar-refractivity contribution >= 4 is 18.5 Å². The van der Waals surface area contributed by atoms with Crippen LogP contribution in [0.5, 0.6) is 5.75 Å². The van der Waals surface area contributed by atoms with Gasteiger partial charge in [-0.15, -0.1) is 0 Å². The van der Waals surface area contributed by atoms with Crippen LogP contribution in [0.2, 0.25) is 0 Å². The van der Waals surface area contributed by atoms with E-state index in [9.17, 15) is 9.18 Å². The molecule has 1 heterocycles. The van der Waals surface area contributed by atoms with Crippen molar-refractivity contribution in [2.45, 2.75) is 19.8 Å². The summed E-state index contributed by atoms with van der Waals surface area (Å²) in [4.78, 5) is 17.7. The third-order valence-electron chi connectivity index (χ3n) is 3.59. The van der Waals surface area contributed by atoms with Crippen LogP contribution in [-0.2, 0) is 11.2 Å². The van der Waals surface area contributed by atoms with Gasteiger partial charge in [-0.3, -0.25) is 10.2 Å². The molecule has 5 nitrogen and oxygen atoms in total. The number of rotatable bonds is 6. The Morgan fingerprint density at radius 3 is 2.96 bits per heavy atom. The largest absolute Gasteiger partial charge is 0.494 e. The maximum absolute atomic E-state index is 14.0. The van der Waals surface area contributed by atoms with Crippen molar-refractivity contribution < 1.29 is 13.9 Å². The maximum Gasteiger partial charge on any atom is 0.227 e. The summed E-state index contributed by atoms with van der Waals surface area (Å²) in [5.41, 5.74) is 1.38. The third-order valence-corrected chi connectivity index (χ3v) is 3.59. The van der Waals surface area contributed by atoms with E-state index in [-0.39, 0.29) is 12.3 Å². The van der Waals surface area contributed by atoms with E-state index in [2.05, 4.69) is 4.99 Å². The molecular weight excluding hydrogens is 297 g/mol. The van der Waals surface area contributed by atoms with Crippen molar-refractivity contribution in [2.75, 3.05) is 19.7 Å². The van der Waals surface area contributed by atoms with Crippen LogP contribution >= 0.6 is 0 Å². The molecule has 1 aromatic carbocycles. The number of aliphatic imine (C=N–C) groups is 1. The number of nitrogens with one attached hydrogen (secondary N) is 1. The molecule has 2 rings (SSSR count). The summed E-state index contributed by atoms with van der Waals surface area (Å²) in [6.07, 6.45) is 5.24. The van der Waals surface area contributed by atoms with Crippen molar-refractivity contribution in [1.82, 2.24) is 4.90 Å². The van der Waals surface area contributed by atoms with E-state index in [1.165, 1.54) is 6.07 Å². The molecule has 1 amide bonds. The van der Waals surface area contributed by atoms with E-state index in [1.807, 2.05) is 13.0 Å². The van der Waals surface area contributed by atoms with Crippen molar-refractivity contribution in [3.8, 4) is 5.75 Å². The quantitative estimate of drug-likeness (QED) is 0.647. The highest BCUT2D eigenvalue weighted by molar-refractivity contribution is 5.85.